The first-order chi connectivity index (χ1) is 10.1. The highest BCUT2D eigenvalue weighted by Crippen LogP contribution is 2.42. The van der Waals surface area contributed by atoms with Gasteiger partial charge in [-0.25, -0.2) is 0 Å². The van der Waals surface area contributed by atoms with E-state index >= 15 is 0 Å². The third kappa shape index (κ3) is 2.73. The van der Waals surface area contributed by atoms with Crippen LogP contribution in [0.2, 0.25) is 0 Å². The van der Waals surface area contributed by atoms with E-state index in [4.69, 9.17) is 16.2 Å². The predicted octanol–water partition coefficient (Wildman–Crippen LogP) is 1.56. The lowest BCUT2D eigenvalue weighted by atomic mass is 9.78. The standard InChI is InChI=1S/C16H24N2O3/c17-8-15-11-4-5-13(19)16(20)12(11)7-14(21-15)9-2-1-3-10(18)6-9/h4-5,9-10,14-15,19-20H,1-3,6-8,17-18H2. The monoisotopic (exact) mass is 292 g/mol. The Labute approximate surface area is 124 Å². The third-order valence-corrected chi connectivity index (χ3v) is 4.88. The maximum atomic E-state index is 10.2. The van der Waals surface area contributed by atoms with Crippen LogP contribution in [0.1, 0.15) is 42.9 Å². The number of aromatic hydroxyl groups is 2. The number of rotatable bonds is 2. The van der Waals surface area contributed by atoms with Crippen LogP contribution >= 0.6 is 0 Å². The number of hydrogen-bond acceptors (Lipinski definition) is 5. The van der Waals surface area contributed by atoms with Gasteiger partial charge in [-0.05, 0) is 36.8 Å². The first-order valence-electron chi connectivity index (χ1n) is 7.75. The van der Waals surface area contributed by atoms with Crippen LogP contribution < -0.4 is 11.5 Å². The van der Waals surface area contributed by atoms with E-state index in [2.05, 4.69) is 0 Å². The van der Waals surface area contributed by atoms with Gasteiger partial charge in [0.1, 0.15) is 0 Å². The van der Waals surface area contributed by atoms with Gasteiger partial charge in [0.2, 0.25) is 0 Å². The molecule has 6 N–H and O–H groups in total. The topological polar surface area (TPSA) is 102 Å². The van der Waals surface area contributed by atoms with Crippen LogP contribution in [0.5, 0.6) is 11.5 Å². The minimum Gasteiger partial charge on any atom is -0.504 e. The van der Waals surface area contributed by atoms with E-state index in [0.717, 1.165) is 36.8 Å². The summed E-state index contributed by atoms with van der Waals surface area (Å²) in [4.78, 5) is 0. The smallest absolute Gasteiger partial charge is 0.161 e. The summed E-state index contributed by atoms with van der Waals surface area (Å²) in [5.74, 6) is 0.294. The van der Waals surface area contributed by atoms with Gasteiger partial charge in [-0.1, -0.05) is 12.5 Å². The fraction of sp³-hybridized carbons (Fsp3) is 0.625. The molecular weight excluding hydrogens is 268 g/mol. The summed E-state index contributed by atoms with van der Waals surface area (Å²) < 4.78 is 6.17. The van der Waals surface area contributed by atoms with Gasteiger partial charge in [0, 0.05) is 24.6 Å². The van der Waals surface area contributed by atoms with Gasteiger partial charge in [-0.2, -0.15) is 0 Å². The SMILES string of the molecule is NCC1OC(C2CCCC(N)C2)Cc2c1ccc(O)c2O. The van der Waals surface area contributed by atoms with Crippen LogP contribution in [0.3, 0.4) is 0 Å². The molecule has 0 spiro atoms. The Balaban J connectivity index is 1.88. The molecule has 5 heteroatoms. The van der Waals surface area contributed by atoms with Gasteiger partial charge in [0.15, 0.2) is 11.5 Å². The predicted molar refractivity (Wildman–Crippen MR) is 80.1 cm³/mol. The maximum Gasteiger partial charge on any atom is 0.161 e. The first kappa shape index (κ1) is 14.6. The number of nitrogens with two attached hydrogens (primary N) is 2. The molecule has 1 heterocycles. The molecule has 1 aromatic carbocycles. The molecule has 1 aliphatic carbocycles. The van der Waals surface area contributed by atoms with Crippen LogP contribution in [0, 0.1) is 5.92 Å². The van der Waals surface area contributed by atoms with Crippen molar-refractivity contribution in [3.63, 3.8) is 0 Å². The van der Waals surface area contributed by atoms with Crippen molar-refractivity contribution in [2.24, 2.45) is 17.4 Å². The molecule has 4 atom stereocenters. The van der Waals surface area contributed by atoms with Gasteiger partial charge in [-0.3, -0.25) is 0 Å². The van der Waals surface area contributed by atoms with E-state index in [1.165, 1.54) is 6.07 Å². The fourth-order valence-electron chi connectivity index (χ4n) is 3.75. The van der Waals surface area contributed by atoms with Crippen molar-refractivity contribution in [3.05, 3.63) is 23.3 Å². The summed E-state index contributed by atoms with van der Waals surface area (Å²) in [6, 6.07) is 3.53. The molecule has 0 aromatic heterocycles. The van der Waals surface area contributed by atoms with E-state index in [-0.39, 0.29) is 29.7 Å². The van der Waals surface area contributed by atoms with Crippen molar-refractivity contribution in [2.75, 3.05) is 6.54 Å². The molecule has 21 heavy (non-hydrogen) atoms. The minimum absolute atomic E-state index is 0.0186. The van der Waals surface area contributed by atoms with E-state index in [9.17, 15) is 10.2 Å². The Hall–Kier alpha value is -1.30. The van der Waals surface area contributed by atoms with Crippen molar-refractivity contribution in [1.29, 1.82) is 0 Å². The van der Waals surface area contributed by atoms with Crippen molar-refractivity contribution < 1.29 is 14.9 Å². The van der Waals surface area contributed by atoms with E-state index in [1.807, 2.05) is 0 Å². The molecule has 3 rings (SSSR count). The Morgan fingerprint density at radius 1 is 1.24 bits per heavy atom. The molecule has 116 valence electrons. The molecular formula is C16H24N2O3. The summed E-state index contributed by atoms with van der Waals surface area (Å²) >= 11 is 0. The highest BCUT2D eigenvalue weighted by molar-refractivity contribution is 5.51. The largest absolute Gasteiger partial charge is 0.504 e. The zero-order chi connectivity index (χ0) is 15.0. The molecule has 1 fully saturated rings. The molecule has 0 amide bonds. The van der Waals surface area contributed by atoms with Crippen molar-refractivity contribution >= 4 is 0 Å². The number of phenols is 2. The second-order valence-electron chi connectivity index (χ2n) is 6.29. The second kappa shape index (κ2) is 5.83. The molecule has 2 aliphatic rings. The van der Waals surface area contributed by atoms with Crippen molar-refractivity contribution in [2.45, 2.75) is 50.4 Å². The average Bonchev–Trinajstić information content (AvgIpc) is 2.50. The molecule has 0 radical (unpaired) electrons. The molecule has 1 saturated carbocycles. The molecule has 4 unspecified atom stereocenters. The third-order valence-electron chi connectivity index (χ3n) is 4.88. The highest BCUT2D eigenvalue weighted by Gasteiger charge is 2.35. The lowest BCUT2D eigenvalue weighted by molar-refractivity contribution is -0.0609. The first-order valence-corrected chi connectivity index (χ1v) is 7.75. The van der Waals surface area contributed by atoms with Gasteiger partial charge in [0.25, 0.3) is 0 Å². The van der Waals surface area contributed by atoms with Crippen LogP contribution in [0.4, 0.5) is 0 Å². The van der Waals surface area contributed by atoms with Gasteiger partial charge in [-0.15, -0.1) is 0 Å². The average molecular weight is 292 g/mol. The second-order valence-corrected chi connectivity index (χ2v) is 6.29. The summed E-state index contributed by atoms with van der Waals surface area (Å²) in [7, 11) is 0. The maximum absolute atomic E-state index is 10.2. The van der Waals surface area contributed by atoms with Crippen LogP contribution in [0.25, 0.3) is 0 Å². The van der Waals surface area contributed by atoms with Crippen LogP contribution in [-0.2, 0) is 11.2 Å². The lowest BCUT2D eigenvalue weighted by Crippen LogP contribution is -2.40. The lowest BCUT2D eigenvalue weighted by Gasteiger charge is -2.39. The van der Waals surface area contributed by atoms with Crippen LogP contribution in [0.15, 0.2) is 12.1 Å². The minimum atomic E-state index is -0.219. The van der Waals surface area contributed by atoms with Crippen molar-refractivity contribution in [1.82, 2.24) is 0 Å². The molecule has 0 bridgehead atoms. The fourth-order valence-corrected chi connectivity index (χ4v) is 3.75. The number of phenolic OH excluding ortho intramolecular Hbond substituents is 2. The van der Waals surface area contributed by atoms with Crippen molar-refractivity contribution in [3.8, 4) is 11.5 Å². The summed E-state index contributed by atoms with van der Waals surface area (Å²) in [6.45, 7) is 0.368. The molecule has 5 nitrogen and oxygen atoms in total. The highest BCUT2D eigenvalue weighted by atomic mass is 16.5. The van der Waals surface area contributed by atoms with Gasteiger partial charge >= 0.3 is 0 Å². The Morgan fingerprint density at radius 3 is 2.76 bits per heavy atom. The molecule has 1 aromatic rings. The Morgan fingerprint density at radius 2 is 2.05 bits per heavy atom. The Bertz CT molecular complexity index is 520. The van der Waals surface area contributed by atoms with Gasteiger partial charge in [0.05, 0.1) is 12.2 Å². The summed E-state index contributed by atoms with van der Waals surface area (Å²) in [5, 5.41) is 19.9. The molecule has 0 saturated heterocycles. The number of fused-ring (bicyclic) bond motifs is 1. The Kier molecular flexibility index (Phi) is 4.06. The van der Waals surface area contributed by atoms with E-state index in [0.29, 0.717) is 18.9 Å². The summed E-state index contributed by atoms with van der Waals surface area (Å²) in [5.41, 5.74) is 13.6. The number of hydrogen-bond donors (Lipinski definition) is 4. The van der Waals surface area contributed by atoms with Gasteiger partial charge < -0.3 is 26.4 Å². The quantitative estimate of drug-likeness (QED) is 0.620. The summed E-state index contributed by atoms with van der Waals surface area (Å²) in [6.07, 6.45) is 4.67. The zero-order valence-corrected chi connectivity index (χ0v) is 12.2. The normalized spacial score (nSPS) is 32.7. The van der Waals surface area contributed by atoms with E-state index in [1.54, 1.807) is 6.07 Å². The molecule has 1 aliphatic heterocycles. The number of ether oxygens (including phenoxy) is 1. The zero-order valence-electron chi connectivity index (χ0n) is 12.2. The van der Waals surface area contributed by atoms with Crippen LogP contribution in [-0.4, -0.2) is 28.9 Å². The van der Waals surface area contributed by atoms with E-state index < -0.39 is 0 Å². The number of benzene rings is 1.